The van der Waals surface area contributed by atoms with Crippen molar-refractivity contribution in [1.29, 1.82) is 0 Å². The van der Waals surface area contributed by atoms with Gasteiger partial charge in [-0.05, 0) is 36.6 Å². The lowest BCUT2D eigenvalue weighted by Crippen LogP contribution is -2.64. The van der Waals surface area contributed by atoms with Crippen LogP contribution in [-0.2, 0) is 8.23 Å². The zero-order valence-electron chi connectivity index (χ0n) is 15.7. The molecule has 0 heterocycles. The van der Waals surface area contributed by atoms with Gasteiger partial charge >= 0.3 is 8.56 Å². The van der Waals surface area contributed by atoms with Gasteiger partial charge in [0.2, 0.25) is 0 Å². The van der Waals surface area contributed by atoms with Crippen LogP contribution in [0.4, 0.5) is 0 Å². The van der Waals surface area contributed by atoms with E-state index in [2.05, 4.69) is 63.6 Å². The smallest absolute Gasteiger partial charge is 0.349 e. The van der Waals surface area contributed by atoms with E-state index in [0.29, 0.717) is 0 Å². The monoisotopic (exact) mass is 384 g/mol. The standard InChI is InChI=1S/C20H28O2Si3/c1-7-25(8-2,20-17-13-10-14-18-20)22-24(6,21-23(3,4)5)19-15-11-9-12-16-19/h7-18H,1-2H2,3-6H3. The molecule has 0 aliphatic rings. The Balaban J connectivity index is 2.54. The number of hydrogen-bond acceptors (Lipinski definition) is 2. The fraction of sp³-hybridized carbons (Fsp3) is 0.200. The molecule has 0 N–H and O–H groups in total. The highest BCUT2D eigenvalue weighted by molar-refractivity contribution is 7.03. The van der Waals surface area contributed by atoms with Crippen molar-refractivity contribution < 1.29 is 8.23 Å². The minimum Gasteiger partial charge on any atom is -0.433 e. The van der Waals surface area contributed by atoms with Gasteiger partial charge in [-0.15, -0.1) is 13.2 Å². The van der Waals surface area contributed by atoms with E-state index in [0.717, 1.165) is 10.4 Å². The highest BCUT2D eigenvalue weighted by Crippen LogP contribution is 2.22. The van der Waals surface area contributed by atoms with Gasteiger partial charge in [0, 0.05) is 0 Å². The summed E-state index contributed by atoms with van der Waals surface area (Å²) in [7, 11) is -7.00. The van der Waals surface area contributed by atoms with Crippen molar-refractivity contribution in [3.05, 3.63) is 85.2 Å². The lowest BCUT2D eigenvalue weighted by atomic mass is 10.4. The Labute approximate surface area is 155 Å². The fourth-order valence-electron chi connectivity index (χ4n) is 2.95. The minimum absolute atomic E-state index is 1.15. The zero-order valence-corrected chi connectivity index (χ0v) is 18.7. The van der Waals surface area contributed by atoms with Crippen molar-refractivity contribution in [2.75, 3.05) is 0 Å². The summed E-state index contributed by atoms with van der Waals surface area (Å²) in [5.74, 6) is 0. The van der Waals surface area contributed by atoms with Gasteiger partial charge in [-0.25, -0.2) is 0 Å². The Morgan fingerprint density at radius 2 is 1.12 bits per heavy atom. The molecule has 2 nitrogen and oxygen atoms in total. The van der Waals surface area contributed by atoms with Gasteiger partial charge in [0.05, 0.1) is 0 Å². The summed E-state index contributed by atoms with van der Waals surface area (Å²) < 4.78 is 13.6. The van der Waals surface area contributed by atoms with E-state index in [9.17, 15) is 0 Å². The summed E-state index contributed by atoms with van der Waals surface area (Å²) in [5, 5.41) is 2.29. The third-order valence-corrected chi connectivity index (χ3v) is 14.7. The Morgan fingerprint density at radius 1 is 0.680 bits per heavy atom. The largest absolute Gasteiger partial charge is 0.433 e. The van der Waals surface area contributed by atoms with Crippen molar-refractivity contribution in [2.45, 2.75) is 26.2 Å². The van der Waals surface area contributed by atoms with Gasteiger partial charge in [0.15, 0.2) is 8.32 Å². The average Bonchev–Trinajstić information content (AvgIpc) is 2.60. The van der Waals surface area contributed by atoms with E-state index >= 15 is 0 Å². The summed E-state index contributed by atoms with van der Waals surface area (Å²) in [5.41, 5.74) is 3.91. The molecular formula is C20H28O2Si3. The summed E-state index contributed by atoms with van der Waals surface area (Å²) in [4.78, 5) is 0. The van der Waals surface area contributed by atoms with Crippen molar-refractivity contribution in [3.63, 3.8) is 0 Å². The van der Waals surface area contributed by atoms with Crippen LogP contribution in [0.1, 0.15) is 0 Å². The first kappa shape index (κ1) is 19.8. The van der Waals surface area contributed by atoms with Gasteiger partial charge in [0.25, 0.3) is 8.32 Å². The first-order chi connectivity index (χ1) is 11.7. The molecule has 0 aliphatic carbocycles. The molecule has 2 aromatic rings. The van der Waals surface area contributed by atoms with Gasteiger partial charge in [-0.1, -0.05) is 72.1 Å². The third kappa shape index (κ3) is 4.77. The summed E-state index contributed by atoms with van der Waals surface area (Å²) in [6.45, 7) is 17.0. The fourth-order valence-corrected chi connectivity index (χ4v) is 15.0. The predicted octanol–water partition coefficient (Wildman–Crippen LogP) is 4.14. The van der Waals surface area contributed by atoms with Crippen molar-refractivity contribution >= 4 is 35.6 Å². The quantitative estimate of drug-likeness (QED) is 0.637. The summed E-state index contributed by atoms with van der Waals surface area (Å²) >= 11 is 0. The molecule has 0 spiro atoms. The molecule has 5 heteroatoms. The lowest BCUT2D eigenvalue weighted by molar-refractivity contribution is 0.411. The van der Waals surface area contributed by atoms with E-state index in [1.54, 1.807) is 0 Å². The van der Waals surface area contributed by atoms with E-state index in [1.807, 2.05) is 47.8 Å². The highest BCUT2D eigenvalue weighted by Gasteiger charge is 2.46. The second kappa shape index (κ2) is 7.80. The van der Waals surface area contributed by atoms with Crippen LogP contribution in [0.15, 0.2) is 85.2 Å². The highest BCUT2D eigenvalue weighted by atomic mass is 28.5. The second-order valence-corrected chi connectivity index (χ2v) is 18.5. The van der Waals surface area contributed by atoms with Crippen LogP contribution in [0, 0.1) is 0 Å². The number of hydrogen-bond donors (Lipinski definition) is 0. The van der Waals surface area contributed by atoms with Gasteiger partial charge < -0.3 is 8.23 Å². The van der Waals surface area contributed by atoms with Crippen LogP contribution in [0.3, 0.4) is 0 Å². The molecule has 2 aromatic carbocycles. The van der Waals surface area contributed by atoms with Crippen LogP contribution >= 0.6 is 0 Å². The molecule has 0 bridgehead atoms. The van der Waals surface area contributed by atoms with Crippen LogP contribution in [0.5, 0.6) is 0 Å². The number of rotatable bonds is 8. The van der Waals surface area contributed by atoms with E-state index in [1.165, 1.54) is 0 Å². The second-order valence-electron chi connectivity index (χ2n) is 7.20. The SMILES string of the molecule is C=C[Si](C=C)(O[Si](C)(O[Si](C)(C)C)c1ccccc1)c1ccccc1. The molecule has 0 amide bonds. The van der Waals surface area contributed by atoms with E-state index in [4.69, 9.17) is 8.23 Å². The van der Waals surface area contributed by atoms with E-state index < -0.39 is 25.2 Å². The molecule has 1 atom stereocenters. The van der Waals surface area contributed by atoms with Crippen LogP contribution in [-0.4, -0.2) is 25.2 Å². The summed E-state index contributed by atoms with van der Waals surface area (Å²) in [6, 6.07) is 20.6. The van der Waals surface area contributed by atoms with Crippen LogP contribution in [0.25, 0.3) is 0 Å². The van der Waals surface area contributed by atoms with Gasteiger partial charge in [-0.3, -0.25) is 0 Å². The zero-order chi connectivity index (χ0) is 18.6. The molecule has 1 unspecified atom stereocenters. The topological polar surface area (TPSA) is 18.5 Å². The first-order valence-electron chi connectivity index (χ1n) is 8.53. The molecule has 0 aromatic heterocycles. The van der Waals surface area contributed by atoms with Crippen molar-refractivity contribution in [2.24, 2.45) is 0 Å². The molecule has 0 radical (unpaired) electrons. The number of benzene rings is 2. The molecule has 25 heavy (non-hydrogen) atoms. The maximum absolute atomic E-state index is 6.93. The molecular weight excluding hydrogens is 356 g/mol. The van der Waals surface area contributed by atoms with Crippen molar-refractivity contribution in [3.8, 4) is 0 Å². The predicted molar refractivity (Wildman–Crippen MR) is 115 cm³/mol. The van der Waals surface area contributed by atoms with Gasteiger partial charge in [-0.2, -0.15) is 0 Å². The lowest BCUT2D eigenvalue weighted by Gasteiger charge is -2.40. The Bertz CT molecular complexity index is 703. The first-order valence-corrected chi connectivity index (χ1v) is 16.3. The Hall–Kier alpha value is -1.51. The molecule has 0 fully saturated rings. The molecule has 0 saturated carbocycles. The van der Waals surface area contributed by atoms with Crippen LogP contribution in [0.2, 0.25) is 26.2 Å². The maximum atomic E-state index is 6.93. The maximum Gasteiger partial charge on any atom is 0.349 e. The third-order valence-electron chi connectivity index (χ3n) is 3.99. The van der Waals surface area contributed by atoms with Crippen molar-refractivity contribution in [1.82, 2.24) is 0 Å². The summed E-state index contributed by atoms with van der Waals surface area (Å²) in [6.07, 6.45) is 0. The molecule has 2 rings (SSSR count). The minimum atomic E-state index is -2.64. The average molecular weight is 385 g/mol. The molecule has 0 saturated heterocycles. The molecule has 132 valence electrons. The Morgan fingerprint density at radius 3 is 1.52 bits per heavy atom. The Kier molecular flexibility index (Phi) is 6.18. The van der Waals surface area contributed by atoms with E-state index in [-0.39, 0.29) is 0 Å². The van der Waals surface area contributed by atoms with Crippen LogP contribution < -0.4 is 10.4 Å². The normalized spacial score (nSPS) is 14.6. The van der Waals surface area contributed by atoms with Gasteiger partial charge in [0.1, 0.15) is 0 Å². The molecule has 0 aliphatic heterocycles.